The molecule has 13 heavy (non-hydrogen) atoms. The lowest BCUT2D eigenvalue weighted by Gasteiger charge is -2.04. The van der Waals surface area contributed by atoms with Crippen molar-refractivity contribution in [2.75, 3.05) is 0 Å². The molecule has 0 saturated heterocycles. The van der Waals surface area contributed by atoms with Gasteiger partial charge >= 0.3 is 0 Å². The van der Waals surface area contributed by atoms with Gasteiger partial charge in [0.05, 0.1) is 11.8 Å². The van der Waals surface area contributed by atoms with E-state index in [0.717, 1.165) is 16.5 Å². The third-order valence-electron chi connectivity index (χ3n) is 2.08. The van der Waals surface area contributed by atoms with Crippen molar-refractivity contribution in [2.45, 2.75) is 13.0 Å². The van der Waals surface area contributed by atoms with E-state index in [-0.39, 0.29) is 0 Å². The molecule has 66 valence electrons. The molecule has 0 radical (unpaired) electrons. The quantitative estimate of drug-likeness (QED) is 0.717. The fourth-order valence-electron chi connectivity index (χ4n) is 1.33. The molecule has 1 aromatic carbocycles. The zero-order chi connectivity index (χ0) is 9.26. The van der Waals surface area contributed by atoms with Gasteiger partial charge in [-0.05, 0) is 18.4 Å². The van der Waals surface area contributed by atoms with Gasteiger partial charge in [0, 0.05) is 11.6 Å². The normalized spacial score (nSPS) is 13.1. The summed E-state index contributed by atoms with van der Waals surface area (Å²) in [5.74, 6) is 0. The van der Waals surface area contributed by atoms with Crippen LogP contribution in [0.1, 0.15) is 18.7 Å². The van der Waals surface area contributed by atoms with Crippen molar-refractivity contribution in [1.82, 2.24) is 4.98 Å². The van der Waals surface area contributed by atoms with E-state index in [4.69, 9.17) is 0 Å². The van der Waals surface area contributed by atoms with Crippen molar-refractivity contribution >= 4 is 10.8 Å². The van der Waals surface area contributed by atoms with Crippen molar-refractivity contribution in [3.05, 3.63) is 42.2 Å². The van der Waals surface area contributed by atoms with Crippen molar-refractivity contribution in [3.63, 3.8) is 0 Å². The first kappa shape index (κ1) is 8.20. The lowest BCUT2D eigenvalue weighted by Crippen LogP contribution is -1.94. The second kappa shape index (κ2) is 3.15. The number of aliphatic hydroxyl groups excluding tert-OH is 1. The first-order valence-corrected chi connectivity index (χ1v) is 4.30. The number of aliphatic hydroxyl groups is 1. The fourth-order valence-corrected chi connectivity index (χ4v) is 1.33. The van der Waals surface area contributed by atoms with Gasteiger partial charge in [-0.1, -0.05) is 24.3 Å². The Morgan fingerprint density at radius 2 is 1.92 bits per heavy atom. The highest BCUT2D eigenvalue weighted by Gasteiger charge is 2.02. The minimum absolute atomic E-state index is 0.496. The Bertz CT molecular complexity index is 423. The molecule has 0 amide bonds. The first-order valence-electron chi connectivity index (χ1n) is 4.30. The maximum absolute atomic E-state index is 9.32. The van der Waals surface area contributed by atoms with Gasteiger partial charge in [-0.3, -0.25) is 4.98 Å². The van der Waals surface area contributed by atoms with Crippen LogP contribution in [0.3, 0.4) is 0 Å². The molecule has 0 aliphatic carbocycles. The molecule has 2 rings (SSSR count). The number of benzene rings is 1. The molecule has 0 aliphatic rings. The Labute approximate surface area is 76.9 Å². The number of fused-ring (bicyclic) bond motifs is 1. The summed E-state index contributed by atoms with van der Waals surface area (Å²) in [6.07, 6.45) is 1.29. The standard InChI is InChI=1S/C11H11NO/c1-8(13)11-6-9-4-2-3-5-10(9)7-12-11/h2-8,13H,1H3/t8-/m0/s1. The fraction of sp³-hybridized carbons (Fsp3) is 0.182. The predicted octanol–water partition coefficient (Wildman–Crippen LogP) is 2.29. The summed E-state index contributed by atoms with van der Waals surface area (Å²) in [7, 11) is 0. The lowest BCUT2D eigenvalue weighted by atomic mass is 10.1. The Hall–Kier alpha value is -1.41. The average Bonchev–Trinajstić information content (AvgIpc) is 2.17. The van der Waals surface area contributed by atoms with Gasteiger partial charge in [-0.2, -0.15) is 0 Å². The molecule has 2 nitrogen and oxygen atoms in total. The van der Waals surface area contributed by atoms with E-state index in [1.54, 1.807) is 13.1 Å². The smallest absolute Gasteiger partial charge is 0.0931 e. The zero-order valence-corrected chi connectivity index (χ0v) is 7.44. The molecule has 1 heterocycles. The van der Waals surface area contributed by atoms with E-state index in [1.165, 1.54) is 0 Å². The molecular weight excluding hydrogens is 162 g/mol. The summed E-state index contributed by atoms with van der Waals surface area (Å²) >= 11 is 0. The number of aromatic nitrogens is 1. The second-order valence-corrected chi connectivity index (χ2v) is 3.13. The molecule has 2 heteroatoms. The molecular formula is C11H11NO. The highest BCUT2D eigenvalue weighted by molar-refractivity contribution is 5.81. The summed E-state index contributed by atoms with van der Waals surface area (Å²) in [5, 5.41) is 11.5. The molecule has 0 aliphatic heterocycles. The Balaban J connectivity index is 2.62. The van der Waals surface area contributed by atoms with E-state index in [9.17, 15) is 5.11 Å². The molecule has 1 atom stereocenters. The SMILES string of the molecule is C[C@H](O)c1cc2ccccc2cn1. The van der Waals surface area contributed by atoms with Gasteiger partial charge < -0.3 is 5.11 Å². The number of rotatable bonds is 1. The van der Waals surface area contributed by atoms with Crippen LogP contribution in [0.4, 0.5) is 0 Å². The third-order valence-corrected chi connectivity index (χ3v) is 2.08. The second-order valence-electron chi connectivity index (χ2n) is 3.13. The number of hydrogen-bond acceptors (Lipinski definition) is 2. The molecule has 1 N–H and O–H groups in total. The van der Waals surface area contributed by atoms with E-state index < -0.39 is 6.10 Å². The summed E-state index contributed by atoms with van der Waals surface area (Å²) in [6, 6.07) is 9.90. The maximum Gasteiger partial charge on any atom is 0.0931 e. The van der Waals surface area contributed by atoms with Crippen molar-refractivity contribution in [3.8, 4) is 0 Å². The van der Waals surface area contributed by atoms with Gasteiger partial charge in [0.25, 0.3) is 0 Å². The summed E-state index contributed by atoms with van der Waals surface area (Å²) in [6.45, 7) is 1.72. The van der Waals surface area contributed by atoms with E-state index >= 15 is 0 Å². The molecule has 0 bridgehead atoms. The topological polar surface area (TPSA) is 33.1 Å². The van der Waals surface area contributed by atoms with Crippen LogP contribution in [0, 0.1) is 0 Å². The minimum Gasteiger partial charge on any atom is -0.387 e. The van der Waals surface area contributed by atoms with Gasteiger partial charge in [0.1, 0.15) is 0 Å². The zero-order valence-electron chi connectivity index (χ0n) is 7.44. The molecule has 0 saturated carbocycles. The highest BCUT2D eigenvalue weighted by atomic mass is 16.3. The van der Waals surface area contributed by atoms with Crippen LogP contribution in [0.2, 0.25) is 0 Å². The monoisotopic (exact) mass is 173 g/mol. The van der Waals surface area contributed by atoms with Gasteiger partial charge in [-0.15, -0.1) is 0 Å². The Kier molecular flexibility index (Phi) is 1.99. The molecule has 0 unspecified atom stereocenters. The van der Waals surface area contributed by atoms with Gasteiger partial charge in [0.2, 0.25) is 0 Å². The molecule has 0 fully saturated rings. The minimum atomic E-state index is -0.496. The Morgan fingerprint density at radius 1 is 1.23 bits per heavy atom. The van der Waals surface area contributed by atoms with Crippen LogP contribution in [0.25, 0.3) is 10.8 Å². The summed E-state index contributed by atoms with van der Waals surface area (Å²) < 4.78 is 0. The van der Waals surface area contributed by atoms with Crippen LogP contribution in [0.15, 0.2) is 36.5 Å². The van der Waals surface area contributed by atoms with Crippen molar-refractivity contribution in [1.29, 1.82) is 0 Å². The van der Waals surface area contributed by atoms with Crippen LogP contribution in [-0.2, 0) is 0 Å². The van der Waals surface area contributed by atoms with Crippen molar-refractivity contribution in [2.24, 2.45) is 0 Å². The lowest BCUT2D eigenvalue weighted by molar-refractivity contribution is 0.194. The van der Waals surface area contributed by atoms with E-state index in [0.29, 0.717) is 0 Å². The first-order chi connectivity index (χ1) is 6.27. The van der Waals surface area contributed by atoms with Crippen molar-refractivity contribution < 1.29 is 5.11 Å². The number of pyridine rings is 1. The highest BCUT2D eigenvalue weighted by Crippen LogP contribution is 2.16. The van der Waals surface area contributed by atoms with Gasteiger partial charge in [-0.25, -0.2) is 0 Å². The Morgan fingerprint density at radius 3 is 2.62 bits per heavy atom. The average molecular weight is 173 g/mol. The molecule has 2 aromatic rings. The summed E-state index contributed by atoms with van der Waals surface area (Å²) in [5.41, 5.74) is 0.721. The number of hydrogen-bond donors (Lipinski definition) is 1. The van der Waals surface area contributed by atoms with Crippen LogP contribution >= 0.6 is 0 Å². The predicted molar refractivity (Wildman–Crippen MR) is 52.4 cm³/mol. The maximum atomic E-state index is 9.32. The van der Waals surface area contributed by atoms with E-state index in [1.807, 2.05) is 30.3 Å². The van der Waals surface area contributed by atoms with Crippen LogP contribution in [0.5, 0.6) is 0 Å². The van der Waals surface area contributed by atoms with E-state index in [2.05, 4.69) is 4.98 Å². The largest absolute Gasteiger partial charge is 0.387 e. The summed E-state index contributed by atoms with van der Waals surface area (Å²) in [4.78, 5) is 4.16. The van der Waals surface area contributed by atoms with Crippen LogP contribution in [-0.4, -0.2) is 10.1 Å². The third kappa shape index (κ3) is 1.53. The molecule has 1 aromatic heterocycles. The number of nitrogens with zero attached hydrogens (tertiary/aromatic N) is 1. The van der Waals surface area contributed by atoms with Crippen LogP contribution < -0.4 is 0 Å². The molecule has 0 spiro atoms. The van der Waals surface area contributed by atoms with Gasteiger partial charge in [0.15, 0.2) is 0 Å².